The van der Waals surface area contributed by atoms with Crippen molar-refractivity contribution in [2.45, 2.75) is 32.3 Å². The predicted octanol–water partition coefficient (Wildman–Crippen LogP) is 1.58. The molecule has 0 radical (unpaired) electrons. The Labute approximate surface area is 145 Å². The van der Waals surface area contributed by atoms with E-state index in [4.69, 9.17) is 14.9 Å². The number of piperidine rings is 1. The van der Waals surface area contributed by atoms with Crippen molar-refractivity contribution in [2.24, 2.45) is 5.73 Å². The molecule has 3 heterocycles. The smallest absolute Gasteiger partial charge is 0.269 e. The van der Waals surface area contributed by atoms with E-state index < -0.39 is 5.91 Å². The molecule has 134 valence electrons. The van der Waals surface area contributed by atoms with Crippen molar-refractivity contribution in [3.63, 3.8) is 0 Å². The number of rotatable bonds is 5. The molecule has 0 aliphatic carbocycles. The van der Waals surface area contributed by atoms with Gasteiger partial charge in [0, 0.05) is 31.8 Å². The van der Waals surface area contributed by atoms with Crippen molar-refractivity contribution < 1.29 is 18.7 Å². The van der Waals surface area contributed by atoms with Crippen LogP contribution >= 0.6 is 0 Å². The van der Waals surface area contributed by atoms with Crippen molar-refractivity contribution in [1.82, 2.24) is 15.1 Å². The number of aromatic amines is 1. The number of ether oxygens (including phenoxy) is 1. The Kier molecular flexibility index (Phi) is 4.89. The van der Waals surface area contributed by atoms with Gasteiger partial charge in [0.25, 0.3) is 11.8 Å². The molecule has 2 amide bonds. The molecular formula is C17H22N4O4. The highest BCUT2D eigenvalue weighted by Crippen LogP contribution is 2.28. The highest BCUT2D eigenvalue weighted by Gasteiger charge is 2.29. The van der Waals surface area contributed by atoms with Crippen molar-refractivity contribution in [3.05, 3.63) is 40.6 Å². The first-order valence-electron chi connectivity index (χ1n) is 8.22. The van der Waals surface area contributed by atoms with Gasteiger partial charge < -0.3 is 19.8 Å². The van der Waals surface area contributed by atoms with Gasteiger partial charge in [0.2, 0.25) is 0 Å². The van der Waals surface area contributed by atoms with Crippen molar-refractivity contribution in [2.75, 3.05) is 20.2 Å². The van der Waals surface area contributed by atoms with Gasteiger partial charge in [0.15, 0.2) is 0 Å². The number of methoxy groups -OCH3 is 1. The summed E-state index contributed by atoms with van der Waals surface area (Å²) in [5.74, 6) is 0.714. The topological polar surface area (TPSA) is 114 Å². The molecule has 0 unspecified atom stereocenters. The van der Waals surface area contributed by atoms with E-state index in [9.17, 15) is 9.59 Å². The second-order valence-electron chi connectivity index (χ2n) is 6.28. The molecule has 1 atom stereocenters. The highest BCUT2D eigenvalue weighted by molar-refractivity contribution is 5.95. The Morgan fingerprint density at radius 3 is 2.96 bits per heavy atom. The van der Waals surface area contributed by atoms with E-state index in [2.05, 4.69) is 10.2 Å². The number of nitrogens with zero attached hydrogens (tertiary/aromatic N) is 2. The van der Waals surface area contributed by atoms with Crippen molar-refractivity contribution in [3.8, 4) is 0 Å². The van der Waals surface area contributed by atoms with Gasteiger partial charge in [-0.25, -0.2) is 0 Å². The Morgan fingerprint density at radius 2 is 2.28 bits per heavy atom. The number of hydrogen-bond acceptors (Lipinski definition) is 5. The monoisotopic (exact) mass is 346 g/mol. The number of nitrogens with two attached hydrogens (primary N) is 1. The summed E-state index contributed by atoms with van der Waals surface area (Å²) in [5, 5.41) is 6.79. The van der Waals surface area contributed by atoms with E-state index in [1.807, 2.05) is 4.90 Å². The van der Waals surface area contributed by atoms with E-state index in [0.717, 1.165) is 18.5 Å². The lowest BCUT2D eigenvalue weighted by Crippen LogP contribution is -2.39. The summed E-state index contributed by atoms with van der Waals surface area (Å²) in [6.07, 6.45) is 1.80. The molecule has 2 aromatic heterocycles. The fourth-order valence-corrected chi connectivity index (χ4v) is 3.23. The normalized spacial score (nSPS) is 17.7. The number of aromatic nitrogens is 2. The average molecular weight is 346 g/mol. The third kappa shape index (κ3) is 3.58. The fraction of sp³-hybridized carbons (Fsp3) is 0.471. The molecule has 1 aliphatic rings. The van der Waals surface area contributed by atoms with Crippen LogP contribution in [0, 0.1) is 6.92 Å². The maximum Gasteiger partial charge on any atom is 0.269 e. The SMILES string of the molecule is COCc1cc(C(=O)N2CCC[C@H](c3cc(C(N)=O)n[nH]3)C2)c(C)o1. The summed E-state index contributed by atoms with van der Waals surface area (Å²) < 4.78 is 10.6. The second-order valence-corrected chi connectivity index (χ2v) is 6.28. The lowest BCUT2D eigenvalue weighted by atomic mass is 9.94. The van der Waals surface area contributed by atoms with Gasteiger partial charge in [-0.3, -0.25) is 14.7 Å². The van der Waals surface area contributed by atoms with Gasteiger partial charge in [-0.05, 0) is 31.9 Å². The van der Waals surface area contributed by atoms with E-state index >= 15 is 0 Å². The molecule has 0 spiro atoms. The number of carbonyl (C=O) groups is 2. The Morgan fingerprint density at radius 1 is 1.48 bits per heavy atom. The minimum Gasteiger partial charge on any atom is -0.463 e. The number of H-pyrrole nitrogens is 1. The quantitative estimate of drug-likeness (QED) is 0.853. The molecule has 0 saturated carbocycles. The molecule has 25 heavy (non-hydrogen) atoms. The van der Waals surface area contributed by atoms with Crippen molar-refractivity contribution in [1.29, 1.82) is 0 Å². The van der Waals surface area contributed by atoms with E-state index in [0.29, 0.717) is 36.8 Å². The third-order valence-electron chi connectivity index (χ3n) is 4.48. The zero-order valence-electron chi connectivity index (χ0n) is 14.4. The van der Waals surface area contributed by atoms with Crippen LogP contribution in [0.15, 0.2) is 16.5 Å². The first-order valence-corrected chi connectivity index (χ1v) is 8.22. The number of furan rings is 1. The number of primary amides is 1. The average Bonchev–Trinajstić information content (AvgIpc) is 3.22. The zero-order chi connectivity index (χ0) is 18.0. The number of hydrogen-bond donors (Lipinski definition) is 2. The minimum absolute atomic E-state index is 0.0528. The van der Waals surface area contributed by atoms with Crippen LogP contribution in [0.2, 0.25) is 0 Å². The molecular weight excluding hydrogens is 324 g/mol. The number of carbonyl (C=O) groups excluding carboxylic acids is 2. The van der Waals surface area contributed by atoms with Crippen LogP contribution in [-0.2, 0) is 11.3 Å². The number of aryl methyl sites for hydroxylation is 1. The summed E-state index contributed by atoms with van der Waals surface area (Å²) in [4.78, 5) is 25.9. The summed E-state index contributed by atoms with van der Waals surface area (Å²) >= 11 is 0. The highest BCUT2D eigenvalue weighted by atomic mass is 16.5. The molecule has 3 rings (SSSR count). The molecule has 0 bridgehead atoms. The summed E-state index contributed by atoms with van der Waals surface area (Å²) in [5.41, 5.74) is 6.86. The molecule has 1 fully saturated rings. The van der Waals surface area contributed by atoms with E-state index in [1.54, 1.807) is 26.2 Å². The molecule has 8 nitrogen and oxygen atoms in total. The summed E-state index contributed by atoms with van der Waals surface area (Å²) in [6, 6.07) is 3.41. The molecule has 0 aromatic carbocycles. The molecule has 1 saturated heterocycles. The number of likely N-dealkylation sites (tertiary alicyclic amines) is 1. The number of amides is 2. The van der Waals surface area contributed by atoms with Gasteiger partial charge in [-0.1, -0.05) is 0 Å². The van der Waals surface area contributed by atoms with E-state index in [-0.39, 0.29) is 17.5 Å². The first kappa shape index (κ1) is 17.2. The van der Waals surface area contributed by atoms with Crippen LogP contribution in [-0.4, -0.2) is 47.1 Å². The van der Waals surface area contributed by atoms with Crippen LogP contribution in [0.4, 0.5) is 0 Å². The third-order valence-corrected chi connectivity index (χ3v) is 4.48. The predicted molar refractivity (Wildman–Crippen MR) is 89.1 cm³/mol. The van der Waals surface area contributed by atoms with Crippen LogP contribution in [0.5, 0.6) is 0 Å². The molecule has 2 aromatic rings. The van der Waals surface area contributed by atoms with Crippen LogP contribution in [0.25, 0.3) is 0 Å². The van der Waals surface area contributed by atoms with Gasteiger partial charge in [0.1, 0.15) is 23.8 Å². The fourth-order valence-electron chi connectivity index (χ4n) is 3.23. The molecule has 1 aliphatic heterocycles. The number of nitrogens with one attached hydrogen (secondary N) is 1. The van der Waals surface area contributed by atoms with Gasteiger partial charge in [-0.15, -0.1) is 0 Å². The lowest BCUT2D eigenvalue weighted by Gasteiger charge is -2.32. The minimum atomic E-state index is -0.564. The lowest BCUT2D eigenvalue weighted by molar-refractivity contribution is 0.0704. The maximum absolute atomic E-state index is 12.9. The Balaban J connectivity index is 1.74. The maximum atomic E-state index is 12.9. The largest absolute Gasteiger partial charge is 0.463 e. The first-order chi connectivity index (χ1) is 12.0. The van der Waals surface area contributed by atoms with Crippen molar-refractivity contribution >= 4 is 11.8 Å². The van der Waals surface area contributed by atoms with E-state index in [1.165, 1.54) is 0 Å². The summed E-state index contributed by atoms with van der Waals surface area (Å²) in [6.45, 7) is 3.36. The van der Waals surface area contributed by atoms with Crippen LogP contribution in [0.1, 0.15) is 56.8 Å². The molecule has 8 heteroatoms. The van der Waals surface area contributed by atoms with Gasteiger partial charge in [-0.2, -0.15) is 5.10 Å². The Bertz CT molecular complexity index is 779. The van der Waals surface area contributed by atoms with Crippen LogP contribution in [0.3, 0.4) is 0 Å². The standard InChI is InChI=1S/C17H22N4O4/c1-10-13(6-12(25-10)9-24-2)17(23)21-5-3-4-11(8-21)14-7-15(16(18)22)20-19-14/h6-7,11H,3-5,8-9H2,1-2H3,(H2,18,22)(H,19,20)/t11-/m0/s1. The van der Waals surface area contributed by atoms with Gasteiger partial charge in [0.05, 0.1) is 5.56 Å². The van der Waals surface area contributed by atoms with Gasteiger partial charge >= 0.3 is 0 Å². The van der Waals surface area contributed by atoms with Crippen LogP contribution < -0.4 is 5.73 Å². The summed E-state index contributed by atoms with van der Waals surface area (Å²) in [7, 11) is 1.58. The Hall–Kier alpha value is -2.61. The molecule has 3 N–H and O–H groups in total. The second kappa shape index (κ2) is 7.10. The zero-order valence-corrected chi connectivity index (χ0v) is 14.4.